The van der Waals surface area contributed by atoms with Gasteiger partial charge in [-0.15, -0.1) is 0 Å². The van der Waals surface area contributed by atoms with Gasteiger partial charge in [0.2, 0.25) is 0 Å². The third-order valence-corrected chi connectivity index (χ3v) is 3.16. The van der Waals surface area contributed by atoms with Gasteiger partial charge in [-0.25, -0.2) is 4.98 Å². The fourth-order valence-corrected chi connectivity index (χ4v) is 2.26. The Bertz CT molecular complexity index is 250. The van der Waals surface area contributed by atoms with E-state index in [9.17, 15) is 0 Å². The molecule has 0 spiro atoms. The molecule has 3 heteroatoms. The molecular weight excluding hydrogens is 164 g/mol. The number of nitrogens with zero attached hydrogens (tertiary/aromatic N) is 1. The lowest BCUT2D eigenvalue weighted by atomic mass is 9.72. The zero-order valence-corrected chi connectivity index (χ0v) is 7.83. The van der Waals surface area contributed by atoms with Crippen LogP contribution in [0.5, 0.6) is 0 Å². The molecule has 1 heterocycles. The Morgan fingerprint density at radius 2 is 2.15 bits per heavy atom. The molecule has 0 unspecified atom stereocenters. The van der Waals surface area contributed by atoms with E-state index < -0.39 is 0 Å². The van der Waals surface area contributed by atoms with Crippen LogP contribution in [-0.4, -0.2) is 11.5 Å². The zero-order chi connectivity index (χ0) is 9.15. The second kappa shape index (κ2) is 3.50. The monoisotopic (exact) mass is 180 g/mol. The molecule has 0 radical (unpaired) electrons. The highest BCUT2D eigenvalue weighted by atomic mass is 16.3. The highest BCUT2D eigenvalue weighted by Crippen LogP contribution is 2.38. The van der Waals surface area contributed by atoms with Gasteiger partial charge in [-0.2, -0.15) is 0 Å². The lowest BCUT2D eigenvalue weighted by Crippen LogP contribution is -2.36. The largest absolute Gasteiger partial charge is 0.448 e. The summed E-state index contributed by atoms with van der Waals surface area (Å²) in [4.78, 5) is 3.97. The Morgan fingerprint density at radius 3 is 2.69 bits per heavy atom. The van der Waals surface area contributed by atoms with Crippen molar-refractivity contribution < 1.29 is 4.42 Å². The van der Waals surface area contributed by atoms with E-state index in [1.54, 1.807) is 0 Å². The maximum atomic E-state index is 5.84. The molecule has 1 fully saturated rings. The SMILES string of the molecule is NCC1(c2cnco2)CCCCC1. The Labute approximate surface area is 78.3 Å². The topological polar surface area (TPSA) is 52.0 Å². The van der Waals surface area contributed by atoms with Gasteiger partial charge < -0.3 is 10.2 Å². The van der Waals surface area contributed by atoms with Gasteiger partial charge in [0.25, 0.3) is 0 Å². The molecule has 1 aromatic rings. The fraction of sp³-hybridized carbons (Fsp3) is 0.700. The molecule has 0 bridgehead atoms. The van der Waals surface area contributed by atoms with Gasteiger partial charge in [-0.3, -0.25) is 0 Å². The van der Waals surface area contributed by atoms with Crippen molar-refractivity contribution in [1.29, 1.82) is 0 Å². The second-order valence-corrected chi connectivity index (χ2v) is 3.91. The maximum Gasteiger partial charge on any atom is 0.180 e. The molecule has 0 aromatic carbocycles. The van der Waals surface area contributed by atoms with E-state index in [1.165, 1.54) is 25.7 Å². The lowest BCUT2D eigenvalue weighted by molar-refractivity contribution is 0.252. The van der Waals surface area contributed by atoms with Crippen LogP contribution in [0.3, 0.4) is 0 Å². The number of hydrogen-bond acceptors (Lipinski definition) is 3. The average Bonchev–Trinajstić information content (AvgIpc) is 2.72. The van der Waals surface area contributed by atoms with Crippen LogP contribution in [-0.2, 0) is 5.41 Å². The molecule has 1 saturated carbocycles. The van der Waals surface area contributed by atoms with Crippen LogP contribution in [0.2, 0.25) is 0 Å². The second-order valence-electron chi connectivity index (χ2n) is 3.91. The van der Waals surface area contributed by atoms with Gasteiger partial charge >= 0.3 is 0 Å². The standard InChI is InChI=1S/C10H16N2O/c11-7-10(4-2-1-3-5-10)9-6-12-8-13-9/h6,8H,1-5,7,11H2. The minimum Gasteiger partial charge on any atom is -0.448 e. The van der Waals surface area contributed by atoms with Crippen LogP contribution >= 0.6 is 0 Å². The number of oxazole rings is 1. The molecule has 3 nitrogen and oxygen atoms in total. The highest BCUT2D eigenvalue weighted by Gasteiger charge is 2.35. The molecule has 1 aromatic heterocycles. The van der Waals surface area contributed by atoms with E-state index in [0.29, 0.717) is 6.54 Å². The van der Waals surface area contributed by atoms with E-state index in [4.69, 9.17) is 10.2 Å². The summed E-state index contributed by atoms with van der Waals surface area (Å²) in [7, 11) is 0. The zero-order valence-electron chi connectivity index (χ0n) is 7.83. The first kappa shape index (κ1) is 8.75. The Hall–Kier alpha value is -0.830. The summed E-state index contributed by atoms with van der Waals surface area (Å²) < 4.78 is 5.38. The van der Waals surface area contributed by atoms with Crippen LogP contribution in [0, 0.1) is 0 Å². The summed E-state index contributed by atoms with van der Waals surface area (Å²) in [5, 5.41) is 0. The predicted molar refractivity (Wildman–Crippen MR) is 50.3 cm³/mol. The summed E-state index contributed by atoms with van der Waals surface area (Å²) in [5.74, 6) is 0.981. The van der Waals surface area contributed by atoms with Gasteiger partial charge in [0, 0.05) is 12.0 Å². The summed E-state index contributed by atoms with van der Waals surface area (Å²) in [5.41, 5.74) is 5.93. The van der Waals surface area contributed by atoms with Crippen molar-refractivity contribution in [3.05, 3.63) is 18.4 Å². The first-order valence-electron chi connectivity index (χ1n) is 4.96. The van der Waals surface area contributed by atoms with E-state index in [2.05, 4.69) is 4.98 Å². The van der Waals surface area contributed by atoms with Crippen LogP contribution in [0.15, 0.2) is 17.0 Å². The highest BCUT2D eigenvalue weighted by molar-refractivity contribution is 5.12. The van der Waals surface area contributed by atoms with Gasteiger partial charge in [0.05, 0.1) is 6.20 Å². The van der Waals surface area contributed by atoms with Gasteiger partial charge in [-0.05, 0) is 12.8 Å². The number of aromatic nitrogens is 1. The van der Waals surface area contributed by atoms with Gasteiger partial charge in [0.15, 0.2) is 6.39 Å². The number of rotatable bonds is 2. The number of nitrogens with two attached hydrogens (primary N) is 1. The molecule has 0 atom stereocenters. The normalized spacial score (nSPS) is 21.6. The Morgan fingerprint density at radius 1 is 1.38 bits per heavy atom. The van der Waals surface area contributed by atoms with Crippen molar-refractivity contribution in [2.45, 2.75) is 37.5 Å². The summed E-state index contributed by atoms with van der Waals surface area (Å²) in [6, 6.07) is 0. The van der Waals surface area contributed by atoms with Crippen molar-refractivity contribution in [3.8, 4) is 0 Å². The van der Waals surface area contributed by atoms with Crippen molar-refractivity contribution >= 4 is 0 Å². The van der Waals surface area contributed by atoms with Crippen LogP contribution in [0.4, 0.5) is 0 Å². The van der Waals surface area contributed by atoms with Crippen LogP contribution in [0.1, 0.15) is 37.9 Å². The van der Waals surface area contributed by atoms with Crippen molar-refractivity contribution in [3.63, 3.8) is 0 Å². The molecule has 1 aliphatic carbocycles. The third kappa shape index (κ3) is 1.48. The van der Waals surface area contributed by atoms with E-state index in [0.717, 1.165) is 18.6 Å². The lowest BCUT2D eigenvalue weighted by Gasteiger charge is -2.33. The predicted octanol–water partition coefficient (Wildman–Crippen LogP) is 1.84. The van der Waals surface area contributed by atoms with Gasteiger partial charge in [0.1, 0.15) is 5.76 Å². The molecule has 2 rings (SSSR count). The van der Waals surface area contributed by atoms with Crippen LogP contribution < -0.4 is 5.73 Å². The minimum absolute atomic E-state index is 0.0920. The first-order chi connectivity index (χ1) is 6.37. The average molecular weight is 180 g/mol. The minimum atomic E-state index is 0.0920. The summed E-state index contributed by atoms with van der Waals surface area (Å²) >= 11 is 0. The summed E-state index contributed by atoms with van der Waals surface area (Å²) in [6.07, 6.45) is 9.47. The fourth-order valence-electron chi connectivity index (χ4n) is 2.26. The maximum absolute atomic E-state index is 5.84. The van der Waals surface area contributed by atoms with Gasteiger partial charge in [-0.1, -0.05) is 19.3 Å². The van der Waals surface area contributed by atoms with Crippen LogP contribution in [0.25, 0.3) is 0 Å². The molecule has 72 valence electrons. The molecule has 0 aliphatic heterocycles. The summed E-state index contributed by atoms with van der Waals surface area (Å²) in [6.45, 7) is 0.683. The van der Waals surface area contributed by atoms with E-state index in [-0.39, 0.29) is 5.41 Å². The third-order valence-electron chi connectivity index (χ3n) is 3.16. The molecular formula is C10H16N2O. The van der Waals surface area contributed by atoms with E-state index in [1.807, 2.05) is 6.20 Å². The molecule has 0 saturated heterocycles. The van der Waals surface area contributed by atoms with Crippen molar-refractivity contribution in [2.75, 3.05) is 6.54 Å². The molecule has 0 amide bonds. The molecule has 13 heavy (non-hydrogen) atoms. The quantitative estimate of drug-likeness (QED) is 0.755. The van der Waals surface area contributed by atoms with Crippen molar-refractivity contribution in [2.24, 2.45) is 5.73 Å². The Kier molecular flexibility index (Phi) is 2.36. The van der Waals surface area contributed by atoms with E-state index >= 15 is 0 Å². The Balaban J connectivity index is 2.23. The first-order valence-corrected chi connectivity index (χ1v) is 4.96. The smallest absolute Gasteiger partial charge is 0.180 e. The molecule has 2 N–H and O–H groups in total. The van der Waals surface area contributed by atoms with Crippen molar-refractivity contribution in [1.82, 2.24) is 4.98 Å². The number of hydrogen-bond donors (Lipinski definition) is 1. The molecule has 1 aliphatic rings.